The molecule has 2 aliphatic rings. The van der Waals surface area contributed by atoms with Crippen molar-refractivity contribution in [2.75, 3.05) is 32.8 Å². The lowest BCUT2D eigenvalue weighted by atomic mass is 9.92. The van der Waals surface area contributed by atoms with Crippen molar-refractivity contribution in [2.45, 2.75) is 37.8 Å². The van der Waals surface area contributed by atoms with Gasteiger partial charge in [-0.2, -0.15) is 0 Å². The van der Waals surface area contributed by atoms with E-state index in [-0.39, 0.29) is 43.9 Å². The molecule has 0 aliphatic carbocycles. The first-order valence-electron chi connectivity index (χ1n) is 10.5. The Morgan fingerprint density at radius 3 is 2.90 bits per heavy atom. The Morgan fingerprint density at radius 2 is 2.13 bits per heavy atom. The number of unbranched alkanes of at least 4 members (excludes halogenated alkanes) is 2. The lowest BCUT2D eigenvalue weighted by Crippen LogP contribution is -2.56. The molecular weight excluding hydrogens is 388 g/mol. The molecule has 0 saturated carbocycles. The van der Waals surface area contributed by atoms with Gasteiger partial charge in [-0.1, -0.05) is 18.6 Å². The fraction of sp³-hybridized carbons (Fsp3) is 0.571. The number of benzene rings is 1. The van der Waals surface area contributed by atoms with E-state index < -0.39 is 18.0 Å². The normalized spacial score (nSPS) is 23.1. The van der Waals surface area contributed by atoms with Gasteiger partial charge in [0.15, 0.2) is 0 Å². The summed E-state index contributed by atoms with van der Waals surface area (Å²) in [6, 6.07) is 5.93. The van der Waals surface area contributed by atoms with Crippen molar-refractivity contribution >= 4 is 17.7 Å². The van der Waals surface area contributed by atoms with Gasteiger partial charge in [0.25, 0.3) is 0 Å². The Hall–Kier alpha value is -2.65. The number of nitrogens with two attached hydrogens (primary N) is 1. The Bertz CT molecular complexity index is 772. The number of nitrogens with one attached hydrogen (secondary N) is 2. The molecule has 30 heavy (non-hydrogen) atoms. The lowest BCUT2D eigenvalue weighted by molar-refractivity contribution is -0.145. The Kier molecular flexibility index (Phi) is 7.64. The van der Waals surface area contributed by atoms with Gasteiger partial charge >= 0.3 is 0 Å². The third-order valence-corrected chi connectivity index (χ3v) is 5.57. The molecule has 3 amide bonds. The number of carbonyl (C=O) groups is 3. The molecule has 2 fully saturated rings. The predicted molar refractivity (Wildman–Crippen MR) is 109 cm³/mol. The Balaban J connectivity index is 1.82. The van der Waals surface area contributed by atoms with Crippen LogP contribution in [0.4, 0.5) is 0 Å². The molecule has 3 atom stereocenters. The van der Waals surface area contributed by atoms with Crippen LogP contribution in [0.15, 0.2) is 24.3 Å². The minimum atomic E-state index is -0.661. The topological polar surface area (TPSA) is 134 Å². The smallest absolute Gasteiger partial charge is 0.243 e. The van der Waals surface area contributed by atoms with Crippen molar-refractivity contribution in [3.63, 3.8) is 0 Å². The summed E-state index contributed by atoms with van der Waals surface area (Å²) in [5.74, 6) is -0.593. The molecule has 1 aromatic carbocycles. The first-order chi connectivity index (χ1) is 14.6. The molecule has 164 valence electrons. The van der Waals surface area contributed by atoms with E-state index >= 15 is 0 Å². The van der Waals surface area contributed by atoms with E-state index in [1.165, 1.54) is 0 Å². The second-order valence-electron chi connectivity index (χ2n) is 7.61. The maximum absolute atomic E-state index is 13.0. The monoisotopic (exact) mass is 418 g/mol. The molecule has 5 N–H and O–H groups in total. The van der Waals surface area contributed by atoms with Crippen LogP contribution in [0, 0.1) is 5.92 Å². The van der Waals surface area contributed by atoms with Gasteiger partial charge in [0.2, 0.25) is 17.7 Å². The van der Waals surface area contributed by atoms with Crippen molar-refractivity contribution in [1.82, 2.24) is 15.5 Å². The van der Waals surface area contributed by atoms with E-state index in [1.807, 2.05) is 6.07 Å². The summed E-state index contributed by atoms with van der Waals surface area (Å²) in [7, 11) is 0. The zero-order chi connectivity index (χ0) is 21.5. The fourth-order valence-electron chi connectivity index (χ4n) is 4.19. The molecule has 3 rings (SSSR count). The van der Waals surface area contributed by atoms with Crippen LogP contribution in [0.25, 0.3) is 0 Å². The summed E-state index contributed by atoms with van der Waals surface area (Å²) >= 11 is 0. The summed E-state index contributed by atoms with van der Waals surface area (Å²) in [6.45, 7) is 1.12. The van der Waals surface area contributed by atoms with E-state index in [1.54, 1.807) is 23.1 Å². The van der Waals surface area contributed by atoms with E-state index in [4.69, 9.17) is 15.6 Å². The van der Waals surface area contributed by atoms with Gasteiger partial charge in [-0.15, -0.1) is 0 Å². The van der Waals surface area contributed by atoms with Crippen LogP contribution in [0.2, 0.25) is 0 Å². The number of aliphatic hydroxyl groups is 1. The van der Waals surface area contributed by atoms with Gasteiger partial charge in [-0.3, -0.25) is 14.4 Å². The number of hydrogen-bond donors (Lipinski definition) is 4. The average molecular weight is 418 g/mol. The largest absolute Gasteiger partial charge is 0.491 e. The zero-order valence-corrected chi connectivity index (χ0v) is 17.0. The SMILES string of the molecule is NCCCCCNC(=O)[C@H]1C[C@H]2C(=O)NCC(=O)N2[C@H]1c1cccc(OCCO)c1. The summed E-state index contributed by atoms with van der Waals surface area (Å²) in [6.07, 6.45) is 2.95. The number of piperazine rings is 1. The van der Waals surface area contributed by atoms with Crippen LogP contribution in [-0.2, 0) is 14.4 Å². The van der Waals surface area contributed by atoms with Crippen LogP contribution < -0.4 is 21.1 Å². The van der Waals surface area contributed by atoms with E-state index in [9.17, 15) is 14.4 Å². The quantitative estimate of drug-likeness (QED) is 0.385. The maximum atomic E-state index is 13.0. The molecule has 0 radical (unpaired) electrons. The Morgan fingerprint density at radius 1 is 1.30 bits per heavy atom. The summed E-state index contributed by atoms with van der Waals surface area (Å²) in [5.41, 5.74) is 6.24. The van der Waals surface area contributed by atoms with Crippen LogP contribution in [0.3, 0.4) is 0 Å². The highest BCUT2D eigenvalue weighted by Gasteiger charge is 2.52. The molecule has 9 heteroatoms. The second kappa shape index (κ2) is 10.4. The number of fused-ring (bicyclic) bond motifs is 1. The van der Waals surface area contributed by atoms with Crippen molar-refractivity contribution in [3.05, 3.63) is 29.8 Å². The molecule has 2 heterocycles. The maximum Gasteiger partial charge on any atom is 0.243 e. The van der Waals surface area contributed by atoms with Gasteiger partial charge < -0.3 is 31.1 Å². The fourth-order valence-corrected chi connectivity index (χ4v) is 4.19. The number of amides is 3. The van der Waals surface area contributed by atoms with Crippen LogP contribution >= 0.6 is 0 Å². The molecule has 1 aromatic rings. The van der Waals surface area contributed by atoms with Crippen molar-refractivity contribution in [1.29, 1.82) is 0 Å². The van der Waals surface area contributed by atoms with Crippen molar-refractivity contribution < 1.29 is 24.2 Å². The zero-order valence-electron chi connectivity index (χ0n) is 17.0. The molecule has 0 bridgehead atoms. The standard InChI is InChI=1S/C21H30N4O5/c22-7-2-1-3-8-23-20(28)16-12-17-21(29)24-13-18(27)25(17)19(16)14-5-4-6-15(11-14)30-10-9-26/h4-6,11,16-17,19,26H,1-3,7-10,12-13,22H2,(H,23,28)(H,24,29)/t16-,17-,19-/m0/s1. The number of nitrogens with zero attached hydrogens (tertiary/aromatic N) is 1. The second-order valence-corrected chi connectivity index (χ2v) is 7.61. The van der Waals surface area contributed by atoms with E-state index in [0.29, 0.717) is 18.8 Å². The highest BCUT2D eigenvalue weighted by molar-refractivity contribution is 5.97. The molecule has 2 saturated heterocycles. The van der Waals surface area contributed by atoms with Crippen LogP contribution in [-0.4, -0.2) is 66.6 Å². The minimum absolute atomic E-state index is 0.0695. The number of aliphatic hydroxyl groups excluding tert-OH is 1. The van der Waals surface area contributed by atoms with Gasteiger partial charge in [0, 0.05) is 6.54 Å². The third-order valence-electron chi connectivity index (χ3n) is 5.57. The van der Waals surface area contributed by atoms with Crippen LogP contribution in [0.5, 0.6) is 5.75 Å². The molecule has 0 unspecified atom stereocenters. The third kappa shape index (κ3) is 4.91. The summed E-state index contributed by atoms with van der Waals surface area (Å²) in [4.78, 5) is 39.6. The summed E-state index contributed by atoms with van der Waals surface area (Å²) < 4.78 is 5.49. The predicted octanol–water partition coefficient (Wildman–Crippen LogP) is -0.309. The molecule has 9 nitrogen and oxygen atoms in total. The number of carbonyl (C=O) groups excluding carboxylic acids is 3. The first-order valence-corrected chi connectivity index (χ1v) is 10.5. The van der Waals surface area contributed by atoms with Crippen molar-refractivity contribution in [2.24, 2.45) is 11.7 Å². The summed E-state index contributed by atoms with van der Waals surface area (Å²) in [5, 5.41) is 14.6. The van der Waals surface area contributed by atoms with Gasteiger partial charge in [0.05, 0.1) is 25.1 Å². The highest BCUT2D eigenvalue weighted by Crippen LogP contribution is 2.43. The number of ether oxygens (including phenoxy) is 1. The molecule has 0 spiro atoms. The average Bonchev–Trinajstić information content (AvgIpc) is 3.17. The van der Waals surface area contributed by atoms with Crippen molar-refractivity contribution in [3.8, 4) is 5.75 Å². The molecule has 0 aromatic heterocycles. The number of rotatable bonds is 10. The highest BCUT2D eigenvalue weighted by atomic mass is 16.5. The van der Waals surface area contributed by atoms with Gasteiger partial charge in [0.1, 0.15) is 18.4 Å². The first kappa shape index (κ1) is 22.0. The van der Waals surface area contributed by atoms with Gasteiger partial charge in [-0.25, -0.2) is 0 Å². The van der Waals surface area contributed by atoms with E-state index in [0.717, 1.165) is 24.8 Å². The minimum Gasteiger partial charge on any atom is -0.491 e. The van der Waals surface area contributed by atoms with Crippen LogP contribution in [0.1, 0.15) is 37.3 Å². The van der Waals surface area contributed by atoms with E-state index in [2.05, 4.69) is 10.6 Å². The number of hydrogen-bond acceptors (Lipinski definition) is 6. The Labute approximate surface area is 175 Å². The molecular formula is C21H30N4O5. The van der Waals surface area contributed by atoms with Gasteiger partial charge in [-0.05, 0) is 43.5 Å². The molecule has 2 aliphatic heterocycles. The lowest BCUT2D eigenvalue weighted by Gasteiger charge is -2.34.